The molecule has 1 N–H and O–H groups in total. The van der Waals surface area contributed by atoms with E-state index in [9.17, 15) is 0 Å². The number of ether oxygens (including phenoxy) is 1. The smallest absolute Gasteiger partial charge is 0.124 e. The fourth-order valence-electron chi connectivity index (χ4n) is 3.44. The molecule has 128 valence electrons. The Morgan fingerprint density at radius 2 is 1.46 bits per heavy atom. The van der Waals surface area contributed by atoms with Gasteiger partial charge >= 0.3 is 0 Å². The van der Waals surface area contributed by atoms with E-state index in [1.165, 1.54) is 56.1 Å². The molecule has 3 rings (SSSR count). The van der Waals surface area contributed by atoms with Crippen LogP contribution in [-0.4, -0.2) is 6.04 Å². The maximum atomic E-state index is 6.07. The van der Waals surface area contributed by atoms with Crippen LogP contribution in [0.15, 0.2) is 54.6 Å². The summed E-state index contributed by atoms with van der Waals surface area (Å²) < 4.78 is 6.07. The highest BCUT2D eigenvalue weighted by molar-refractivity contribution is 5.33. The third-order valence-electron chi connectivity index (χ3n) is 4.90. The Bertz CT molecular complexity index is 588. The second kappa shape index (κ2) is 9.48. The monoisotopic (exact) mass is 323 g/mol. The highest BCUT2D eigenvalue weighted by Gasteiger charge is 2.12. The Hall–Kier alpha value is -1.80. The lowest BCUT2D eigenvalue weighted by Crippen LogP contribution is -2.29. The molecule has 24 heavy (non-hydrogen) atoms. The first kappa shape index (κ1) is 17.0. The summed E-state index contributed by atoms with van der Waals surface area (Å²) in [4.78, 5) is 0. The fraction of sp³-hybridized carbons (Fsp3) is 0.455. The third-order valence-corrected chi connectivity index (χ3v) is 4.90. The van der Waals surface area contributed by atoms with E-state index in [0.717, 1.165) is 12.3 Å². The third kappa shape index (κ3) is 5.38. The van der Waals surface area contributed by atoms with E-state index in [1.807, 2.05) is 6.07 Å². The van der Waals surface area contributed by atoms with Gasteiger partial charge in [-0.25, -0.2) is 0 Å². The van der Waals surface area contributed by atoms with Crippen molar-refractivity contribution in [3.8, 4) is 5.75 Å². The van der Waals surface area contributed by atoms with Gasteiger partial charge in [0.25, 0.3) is 0 Å². The van der Waals surface area contributed by atoms with Crippen LogP contribution in [0.5, 0.6) is 5.75 Å². The number of rotatable bonds is 6. The highest BCUT2D eigenvalue weighted by atomic mass is 16.5. The van der Waals surface area contributed by atoms with E-state index in [1.54, 1.807) is 0 Å². The second-order valence-corrected chi connectivity index (χ2v) is 6.80. The van der Waals surface area contributed by atoms with Gasteiger partial charge in [-0.1, -0.05) is 80.6 Å². The summed E-state index contributed by atoms with van der Waals surface area (Å²) in [5.74, 6) is 1.000. The second-order valence-electron chi connectivity index (χ2n) is 6.80. The van der Waals surface area contributed by atoms with Gasteiger partial charge in [0, 0.05) is 18.2 Å². The largest absolute Gasteiger partial charge is 0.489 e. The Labute approximate surface area is 146 Å². The minimum Gasteiger partial charge on any atom is -0.489 e. The molecule has 1 aliphatic rings. The lowest BCUT2D eigenvalue weighted by atomic mass is 9.96. The summed E-state index contributed by atoms with van der Waals surface area (Å²) in [7, 11) is 0. The van der Waals surface area contributed by atoms with Gasteiger partial charge in [-0.2, -0.15) is 0 Å². The van der Waals surface area contributed by atoms with E-state index in [0.29, 0.717) is 12.6 Å². The number of hydrogen-bond donors (Lipinski definition) is 1. The molecule has 1 saturated carbocycles. The number of benzene rings is 2. The first-order chi connectivity index (χ1) is 11.9. The first-order valence-corrected chi connectivity index (χ1v) is 9.40. The molecule has 0 spiro atoms. The summed E-state index contributed by atoms with van der Waals surface area (Å²) in [5.41, 5.74) is 2.47. The molecule has 2 aromatic rings. The van der Waals surface area contributed by atoms with Crippen molar-refractivity contribution in [2.45, 2.75) is 64.1 Å². The van der Waals surface area contributed by atoms with Crippen LogP contribution in [0, 0.1) is 0 Å². The van der Waals surface area contributed by atoms with Gasteiger partial charge in [0.15, 0.2) is 0 Å². The van der Waals surface area contributed by atoms with Gasteiger partial charge in [0.05, 0.1) is 0 Å². The SMILES string of the molecule is c1ccc(COc2ccccc2CNC2CCCCCCC2)cc1. The van der Waals surface area contributed by atoms with E-state index in [-0.39, 0.29) is 0 Å². The zero-order valence-corrected chi connectivity index (χ0v) is 14.5. The van der Waals surface area contributed by atoms with Crippen molar-refractivity contribution >= 4 is 0 Å². The topological polar surface area (TPSA) is 21.3 Å². The molecule has 1 aliphatic carbocycles. The first-order valence-electron chi connectivity index (χ1n) is 9.40. The number of nitrogens with one attached hydrogen (secondary N) is 1. The van der Waals surface area contributed by atoms with E-state index >= 15 is 0 Å². The van der Waals surface area contributed by atoms with Crippen molar-refractivity contribution < 1.29 is 4.74 Å². The van der Waals surface area contributed by atoms with Crippen molar-refractivity contribution in [1.82, 2.24) is 5.32 Å². The van der Waals surface area contributed by atoms with Crippen molar-refractivity contribution in [2.24, 2.45) is 0 Å². The van der Waals surface area contributed by atoms with Crippen molar-refractivity contribution in [2.75, 3.05) is 0 Å². The van der Waals surface area contributed by atoms with E-state index < -0.39 is 0 Å². The van der Waals surface area contributed by atoms with Gasteiger partial charge in [-0.05, 0) is 24.5 Å². The molecule has 0 aliphatic heterocycles. The Morgan fingerprint density at radius 1 is 0.792 bits per heavy atom. The molecule has 1 fully saturated rings. The Morgan fingerprint density at radius 3 is 2.25 bits per heavy atom. The Kier molecular flexibility index (Phi) is 6.73. The predicted octanol–water partition coefficient (Wildman–Crippen LogP) is 5.47. The molecule has 0 bridgehead atoms. The van der Waals surface area contributed by atoms with Gasteiger partial charge in [-0.3, -0.25) is 0 Å². The van der Waals surface area contributed by atoms with Crippen LogP contribution < -0.4 is 10.1 Å². The quantitative estimate of drug-likeness (QED) is 0.761. The molecule has 0 unspecified atom stereocenters. The molecule has 0 aromatic heterocycles. The molecule has 0 radical (unpaired) electrons. The molecule has 2 heteroatoms. The zero-order chi connectivity index (χ0) is 16.5. The summed E-state index contributed by atoms with van der Waals surface area (Å²) in [6.07, 6.45) is 9.57. The van der Waals surface area contributed by atoms with Crippen molar-refractivity contribution in [1.29, 1.82) is 0 Å². The minimum atomic E-state index is 0.626. The van der Waals surface area contributed by atoms with E-state index in [4.69, 9.17) is 4.74 Å². The zero-order valence-electron chi connectivity index (χ0n) is 14.5. The van der Waals surface area contributed by atoms with Crippen LogP contribution >= 0.6 is 0 Å². The van der Waals surface area contributed by atoms with Gasteiger partial charge in [0.2, 0.25) is 0 Å². The summed E-state index contributed by atoms with van der Waals surface area (Å²) in [6.45, 7) is 1.52. The lowest BCUT2D eigenvalue weighted by Gasteiger charge is -2.22. The highest BCUT2D eigenvalue weighted by Crippen LogP contribution is 2.21. The van der Waals surface area contributed by atoms with E-state index in [2.05, 4.69) is 53.8 Å². The molecule has 0 saturated heterocycles. The molecule has 0 amide bonds. The van der Waals surface area contributed by atoms with Crippen molar-refractivity contribution in [3.63, 3.8) is 0 Å². The minimum absolute atomic E-state index is 0.626. The number of hydrogen-bond acceptors (Lipinski definition) is 2. The van der Waals surface area contributed by atoms with Crippen LogP contribution in [0.2, 0.25) is 0 Å². The molecule has 0 heterocycles. The standard InChI is InChI=1S/C22H29NO/c1-2-7-14-21(15-8-3-1)23-17-20-13-9-10-16-22(20)24-18-19-11-5-4-6-12-19/h4-6,9-13,16,21,23H,1-3,7-8,14-15,17-18H2. The van der Waals surface area contributed by atoms with Gasteiger partial charge < -0.3 is 10.1 Å². The maximum Gasteiger partial charge on any atom is 0.124 e. The van der Waals surface area contributed by atoms with Crippen LogP contribution in [0.25, 0.3) is 0 Å². The Balaban J connectivity index is 1.55. The van der Waals surface area contributed by atoms with Crippen molar-refractivity contribution in [3.05, 3.63) is 65.7 Å². The summed E-state index contributed by atoms with van der Waals surface area (Å²) >= 11 is 0. The molecular formula is C22H29NO. The molecule has 2 aromatic carbocycles. The molecule has 0 atom stereocenters. The maximum absolute atomic E-state index is 6.07. The van der Waals surface area contributed by atoms with Crippen LogP contribution in [0.1, 0.15) is 56.1 Å². The van der Waals surface area contributed by atoms with Crippen LogP contribution in [-0.2, 0) is 13.2 Å². The summed E-state index contributed by atoms with van der Waals surface area (Å²) in [5, 5.41) is 3.76. The average molecular weight is 323 g/mol. The fourth-order valence-corrected chi connectivity index (χ4v) is 3.44. The van der Waals surface area contributed by atoms with Crippen LogP contribution in [0.3, 0.4) is 0 Å². The van der Waals surface area contributed by atoms with Gasteiger partial charge in [0.1, 0.15) is 12.4 Å². The molecule has 2 nitrogen and oxygen atoms in total. The predicted molar refractivity (Wildman–Crippen MR) is 100 cm³/mol. The normalized spacial score (nSPS) is 16.3. The van der Waals surface area contributed by atoms with Crippen LogP contribution in [0.4, 0.5) is 0 Å². The molecular weight excluding hydrogens is 294 g/mol. The lowest BCUT2D eigenvalue weighted by molar-refractivity contribution is 0.300. The van der Waals surface area contributed by atoms with Gasteiger partial charge in [-0.15, -0.1) is 0 Å². The summed E-state index contributed by atoms with van der Waals surface area (Å²) in [6, 6.07) is 19.4. The average Bonchev–Trinajstić information content (AvgIpc) is 2.61. The number of para-hydroxylation sites is 1.